The predicted molar refractivity (Wildman–Crippen MR) is 144 cm³/mol. The Kier molecular flexibility index (Phi) is 7.64. The normalized spacial score (nSPS) is 18.8. The number of nitrogens with one attached hydrogen (secondary N) is 1. The number of pyridine rings is 1. The number of ether oxygens (including phenoxy) is 2. The van der Waals surface area contributed by atoms with Crippen molar-refractivity contribution >= 4 is 39.4 Å². The number of hydrogen-bond acceptors (Lipinski definition) is 8. The first kappa shape index (κ1) is 25.4. The molecule has 0 radical (unpaired) electrons. The Morgan fingerprint density at radius 2 is 1.95 bits per heavy atom. The van der Waals surface area contributed by atoms with Gasteiger partial charge in [-0.05, 0) is 25.3 Å². The van der Waals surface area contributed by atoms with Gasteiger partial charge in [0.05, 0.1) is 36.0 Å². The van der Waals surface area contributed by atoms with Crippen molar-refractivity contribution in [3.8, 4) is 0 Å². The van der Waals surface area contributed by atoms with Crippen molar-refractivity contribution in [3.05, 3.63) is 53.1 Å². The summed E-state index contributed by atoms with van der Waals surface area (Å²) < 4.78 is 28.9. The van der Waals surface area contributed by atoms with E-state index in [0.29, 0.717) is 52.2 Å². The first-order valence-corrected chi connectivity index (χ1v) is 13.7. The monoisotopic (exact) mass is 539 g/mol. The molecule has 5 heterocycles. The maximum absolute atomic E-state index is 15.6. The van der Waals surface area contributed by atoms with E-state index in [1.165, 1.54) is 6.33 Å². The van der Waals surface area contributed by atoms with E-state index < -0.39 is 0 Å². The third kappa shape index (κ3) is 5.18. The summed E-state index contributed by atoms with van der Waals surface area (Å²) in [6.07, 6.45) is 7.42. The molecular formula is C27H31ClFN7O2. The summed E-state index contributed by atoms with van der Waals surface area (Å²) in [6, 6.07) is 5.36. The van der Waals surface area contributed by atoms with Crippen LogP contribution in [-0.4, -0.2) is 75.4 Å². The van der Waals surface area contributed by atoms with Gasteiger partial charge in [-0.15, -0.1) is 0 Å². The largest absolute Gasteiger partial charge is 0.379 e. The number of anilines is 1. The highest BCUT2D eigenvalue weighted by Gasteiger charge is 2.21. The molecule has 1 N–H and O–H groups in total. The number of morpholine rings is 1. The summed E-state index contributed by atoms with van der Waals surface area (Å²) in [7, 11) is 0. The van der Waals surface area contributed by atoms with Gasteiger partial charge in [0.25, 0.3) is 0 Å². The van der Waals surface area contributed by atoms with Gasteiger partial charge in [-0.3, -0.25) is 14.5 Å². The van der Waals surface area contributed by atoms with Crippen molar-refractivity contribution in [2.75, 3.05) is 51.3 Å². The van der Waals surface area contributed by atoms with Crippen LogP contribution in [0, 0.1) is 5.82 Å². The fraction of sp³-hybridized carbons (Fsp3) is 0.481. The number of halogens is 2. The Bertz CT molecular complexity index is 1420. The van der Waals surface area contributed by atoms with Crippen LogP contribution >= 0.6 is 11.6 Å². The lowest BCUT2D eigenvalue weighted by molar-refractivity contribution is -0.0298. The van der Waals surface area contributed by atoms with Gasteiger partial charge in [-0.25, -0.2) is 19.3 Å². The first-order valence-electron chi connectivity index (χ1n) is 13.3. The SMILES string of the molecule is Fc1c(CCNc2ncnc3c2ncn3[C@@H]2CCCCO2)nc(CCN2CCOCC2)c2c(Cl)cccc12. The van der Waals surface area contributed by atoms with Crippen molar-refractivity contribution in [2.45, 2.75) is 38.3 Å². The number of aromatic nitrogens is 5. The summed E-state index contributed by atoms with van der Waals surface area (Å²) in [5, 5.41) is 5.05. The fourth-order valence-electron chi connectivity index (χ4n) is 5.29. The average Bonchev–Trinajstić information content (AvgIpc) is 3.40. The van der Waals surface area contributed by atoms with E-state index >= 15 is 4.39 Å². The van der Waals surface area contributed by atoms with Crippen molar-refractivity contribution in [1.82, 2.24) is 29.4 Å². The number of fused-ring (bicyclic) bond motifs is 2. The third-order valence-corrected chi connectivity index (χ3v) is 7.62. The highest BCUT2D eigenvalue weighted by atomic mass is 35.5. The lowest BCUT2D eigenvalue weighted by Crippen LogP contribution is -2.37. The highest BCUT2D eigenvalue weighted by molar-refractivity contribution is 6.35. The molecule has 38 heavy (non-hydrogen) atoms. The van der Waals surface area contributed by atoms with Gasteiger partial charge in [0.15, 0.2) is 22.8 Å². The van der Waals surface area contributed by atoms with Crippen LogP contribution in [0.5, 0.6) is 0 Å². The maximum atomic E-state index is 15.6. The Labute approximate surface area is 225 Å². The van der Waals surface area contributed by atoms with Gasteiger partial charge in [0.1, 0.15) is 12.6 Å². The van der Waals surface area contributed by atoms with E-state index in [1.807, 2.05) is 4.57 Å². The molecule has 0 saturated carbocycles. The molecule has 0 aliphatic carbocycles. The van der Waals surface area contributed by atoms with Gasteiger partial charge in [-0.2, -0.15) is 0 Å². The fourth-order valence-corrected chi connectivity index (χ4v) is 5.58. The van der Waals surface area contributed by atoms with E-state index in [0.717, 1.165) is 70.1 Å². The Morgan fingerprint density at radius 1 is 1.05 bits per heavy atom. The number of benzene rings is 1. The molecule has 200 valence electrons. The van der Waals surface area contributed by atoms with E-state index in [4.69, 9.17) is 26.1 Å². The summed E-state index contributed by atoms with van der Waals surface area (Å²) >= 11 is 6.52. The molecule has 11 heteroatoms. The molecule has 0 spiro atoms. The molecule has 0 bridgehead atoms. The van der Waals surface area contributed by atoms with E-state index in [1.54, 1.807) is 24.5 Å². The topological polar surface area (TPSA) is 90.2 Å². The molecule has 1 aromatic carbocycles. The molecule has 9 nitrogen and oxygen atoms in total. The summed E-state index contributed by atoms with van der Waals surface area (Å²) in [4.78, 5) is 20.5. The van der Waals surface area contributed by atoms with Gasteiger partial charge < -0.3 is 14.8 Å². The zero-order chi connectivity index (χ0) is 25.9. The Hall–Kier alpha value is -2.92. The van der Waals surface area contributed by atoms with E-state index in [9.17, 15) is 0 Å². The number of nitrogens with zero attached hydrogens (tertiary/aromatic N) is 6. The molecule has 3 aromatic heterocycles. The Balaban J connectivity index is 1.21. The second kappa shape index (κ2) is 11.4. The molecule has 2 aliphatic rings. The van der Waals surface area contributed by atoms with Crippen molar-refractivity contribution < 1.29 is 13.9 Å². The maximum Gasteiger partial charge on any atom is 0.167 e. The molecular weight excluding hydrogens is 509 g/mol. The molecule has 2 fully saturated rings. The van der Waals surface area contributed by atoms with Crippen LogP contribution < -0.4 is 5.32 Å². The molecule has 4 aromatic rings. The number of hydrogen-bond donors (Lipinski definition) is 1. The van der Waals surface area contributed by atoms with Crippen molar-refractivity contribution in [2.24, 2.45) is 0 Å². The van der Waals surface area contributed by atoms with Crippen molar-refractivity contribution in [3.63, 3.8) is 0 Å². The van der Waals surface area contributed by atoms with Crippen LogP contribution in [0.1, 0.15) is 36.9 Å². The predicted octanol–water partition coefficient (Wildman–Crippen LogP) is 4.40. The standard InChI is InChI=1S/C27H31ClFN7O2/c28-19-5-3-4-18-23(19)20(8-10-35-11-14-37-15-12-35)34-21(24(18)29)7-9-30-26-25-27(32-16-31-26)36(17-33-25)22-6-1-2-13-38-22/h3-5,16-17,22H,1-2,6-15H2,(H,30,31,32)/t22-/m0/s1. The lowest BCUT2D eigenvalue weighted by atomic mass is 10.0. The van der Waals surface area contributed by atoms with Crippen LogP contribution in [-0.2, 0) is 22.3 Å². The third-order valence-electron chi connectivity index (χ3n) is 7.31. The Morgan fingerprint density at radius 3 is 2.79 bits per heavy atom. The van der Waals surface area contributed by atoms with E-state index in [2.05, 4.69) is 25.2 Å². The van der Waals surface area contributed by atoms with Crippen LogP contribution in [0.25, 0.3) is 21.9 Å². The molecule has 1 atom stereocenters. The number of rotatable bonds is 8. The minimum atomic E-state index is -0.328. The van der Waals surface area contributed by atoms with Gasteiger partial charge in [-0.1, -0.05) is 23.7 Å². The second-order valence-electron chi connectivity index (χ2n) is 9.73. The van der Waals surface area contributed by atoms with Crippen LogP contribution in [0.15, 0.2) is 30.9 Å². The van der Waals surface area contributed by atoms with Crippen LogP contribution in [0.2, 0.25) is 5.02 Å². The quantitative estimate of drug-likeness (QED) is 0.352. The summed E-state index contributed by atoms with van der Waals surface area (Å²) in [5.41, 5.74) is 2.64. The van der Waals surface area contributed by atoms with Gasteiger partial charge >= 0.3 is 0 Å². The lowest BCUT2D eigenvalue weighted by Gasteiger charge is -2.26. The van der Waals surface area contributed by atoms with Crippen molar-refractivity contribution in [1.29, 1.82) is 0 Å². The zero-order valence-corrected chi connectivity index (χ0v) is 22.0. The van der Waals surface area contributed by atoms with Crippen LogP contribution in [0.3, 0.4) is 0 Å². The summed E-state index contributed by atoms with van der Waals surface area (Å²) in [6.45, 7) is 5.25. The smallest absolute Gasteiger partial charge is 0.167 e. The number of imidazole rings is 1. The minimum absolute atomic E-state index is 0.0601. The molecule has 2 aliphatic heterocycles. The second-order valence-corrected chi connectivity index (χ2v) is 10.1. The summed E-state index contributed by atoms with van der Waals surface area (Å²) in [5.74, 6) is 0.285. The van der Waals surface area contributed by atoms with Gasteiger partial charge in [0.2, 0.25) is 0 Å². The zero-order valence-electron chi connectivity index (χ0n) is 21.2. The van der Waals surface area contributed by atoms with E-state index in [-0.39, 0.29) is 12.0 Å². The first-order chi connectivity index (χ1) is 18.7. The minimum Gasteiger partial charge on any atom is -0.379 e. The van der Waals surface area contributed by atoms with Gasteiger partial charge in [0, 0.05) is 56.4 Å². The molecule has 0 unspecified atom stereocenters. The molecule has 2 saturated heterocycles. The molecule has 0 amide bonds. The molecule has 6 rings (SSSR count). The highest BCUT2D eigenvalue weighted by Crippen LogP contribution is 2.31. The van der Waals surface area contributed by atoms with Crippen LogP contribution in [0.4, 0.5) is 10.2 Å². The average molecular weight is 540 g/mol.